The van der Waals surface area contributed by atoms with Crippen LogP contribution in [0.1, 0.15) is 23.6 Å². The minimum absolute atomic E-state index is 0.333. The molecule has 3 aromatic rings. The molecule has 0 bridgehead atoms. The van der Waals surface area contributed by atoms with Gasteiger partial charge in [-0.2, -0.15) is 0 Å². The number of fused-ring (bicyclic) bond motifs is 1. The predicted octanol–water partition coefficient (Wildman–Crippen LogP) is 4.12. The van der Waals surface area contributed by atoms with Crippen molar-refractivity contribution in [3.8, 4) is 0 Å². The van der Waals surface area contributed by atoms with Gasteiger partial charge in [0.05, 0.1) is 0 Å². The van der Waals surface area contributed by atoms with Crippen molar-refractivity contribution in [2.45, 2.75) is 24.3 Å². The van der Waals surface area contributed by atoms with Crippen LogP contribution in [0.15, 0.2) is 47.6 Å². The Morgan fingerprint density at radius 1 is 1.11 bits per heavy atom. The van der Waals surface area contributed by atoms with Crippen molar-refractivity contribution in [3.05, 3.63) is 53.9 Å². The molecule has 1 atom stereocenters. The molecular weight excluding hydrogens is 254 g/mol. The number of aromatic nitrogens is 3. The monoisotopic (exact) mass is 269 g/mol. The van der Waals surface area contributed by atoms with Crippen molar-refractivity contribution in [2.24, 2.45) is 0 Å². The van der Waals surface area contributed by atoms with Gasteiger partial charge in [0.1, 0.15) is 5.82 Å². The van der Waals surface area contributed by atoms with Crippen molar-refractivity contribution in [2.75, 3.05) is 0 Å². The molecule has 0 saturated heterocycles. The van der Waals surface area contributed by atoms with Crippen LogP contribution in [-0.2, 0) is 0 Å². The summed E-state index contributed by atoms with van der Waals surface area (Å²) in [7, 11) is 0. The minimum Gasteiger partial charge on any atom is -0.262 e. The molecule has 0 aliphatic carbocycles. The van der Waals surface area contributed by atoms with E-state index in [0.717, 1.165) is 11.0 Å². The van der Waals surface area contributed by atoms with E-state index in [1.807, 2.05) is 6.92 Å². The maximum Gasteiger partial charge on any atom is 0.209 e. The van der Waals surface area contributed by atoms with Gasteiger partial charge in [0, 0.05) is 5.25 Å². The second-order valence-corrected chi connectivity index (χ2v) is 5.88. The Morgan fingerprint density at radius 2 is 1.89 bits per heavy atom. The third-order valence-electron chi connectivity index (χ3n) is 3.10. The molecule has 3 rings (SSSR count). The Hall–Kier alpha value is -1.81. The second-order valence-electron chi connectivity index (χ2n) is 4.57. The van der Waals surface area contributed by atoms with Crippen molar-refractivity contribution < 1.29 is 0 Å². The number of aryl methyl sites for hydroxylation is 1. The highest BCUT2D eigenvalue weighted by Crippen LogP contribution is 2.33. The topological polar surface area (TPSA) is 41.6 Å². The summed E-state index contributed by atoms with van der Waals surface area (Å²) in [5.41, 5.74) is 1.30. The molecule has 1 aromatic heterocycles. The molecule has 0 aliphatic heterocycles. The van der Waals surface area contributed by atoms with Crippen molar-refractivity contribution >= 4 is 22.5 Å². The number of nitrogens with zero attached hydrogens (tertiary/aromatic N) is 2. The Bertz CT molecular complexity index is 705. The number of thioether (sulfide) groups is 1. The van der Waals surface area contributed by atoms with Gasteiger partial charge in [-0.25, -0.2) is 4.98 Å². The van der Waals surface area contributed by atoms with Gasteiger partial charge < -0.3 is 0 Å². The molecule has 0 unspecified atom stereocenters. The lowest BCUT2D eigenvalue weighted by molar-refractivity contribution is 0.958. The first kappa shape index (κ1) is 12.2. The van der Waals surface area contributed by atoms with Crippen LogP contribution in [0, 0.1) is 6.92 Å². The first-order chi connectivity index (χ1) is 9.22. The van der Waals surface area contributed by atoms with Crippen LogP contribution in [0.25, 0.3) is 10.8 Å². The van der Waals surface area contributed by atoms with Crippen molar-refractivity contribution in [3.63, 3.8) is 0 Å². The lowest BCUT2D eigenvalue weighted by atomic mass is 10.1. The summed E-state index contributed by atoms with van der Waals surface area (Å²) in [5, 5.41) is 10.7. The average molecular weight is 269 g/mol. The van der Waals surface area contributed by atoms with Gasteiger partial charge in [0.25, 0.3) is 0 Å². The van der Waals surface area contributed by atoms with E-state index in [9.17, 15) is 0 Å². The summed E-state index contributed by atoms with van der Waals surface area (Å²) in [6.45, 7) is 4.10. The van der Waals surface area contributed by atoms with Crippen molar-refractivity contribution in [1.82, 2.24) is 15.2 Å². The Labute approximate surface area is 116 Å². The van der Waals surface area contributed by atoms with Gasteiger partial charge in [-0.15, -0.1) is 5.10 Å². The second kappa shape index (κ2) is 5.05. The summed E-state index contributed by atoms with van der Waals surface area (Å²) in [6, 6.07) is 15.0. The highest BCUT2D eigenvalue weighted by molar-refractivity contribution is 7.99. The standard InChI is InChI=1S/C15H15N3S/c1-10(19-15-16-11(2)17-18-15)13-8-7-12-5-3-4-6-14(12)9-13/h3-10H,1-2H3,(H,16,17,18)/t10-/m0/s1. The fraction of sp³-hybridized carbons (Fsp3) is 0.200. The zero-order chi connectivity index (χ0) is 13.2. The molecule has 4 heteroatoms. The number of aromatic amines is 1. The number of nitrogens with one attached hydrogen (secondary N) is 1. The maximum atomic E-state index is 4.33. The van der Waals surface area contributed by atoms with E-state index < -0.39 is 0 Å². The van der Waals surface area contributed by atoms with E-state index in [1.165, 1.54) is 16.3 Å². The fourth-order valence-corrected chi connectivity index (χ4v) is 2.95. The lowest BCUT2D eigenvalue weighted by Crippen LogP contribution is -1.89. The van der Waals surface area contributed by atoms with E-state index in [2.05, 4.69) is 64.6 Å². The van der Waals surface area contributed by atoms with E-state index in [-0.39, 0.29) is 0 Å². The smallest absolute Gasteiger partial charge is 0.209 e. The van der Waals surface area contributed by atoms with Crippen LogP contribution in [-0.4, -0.2) is 15.2 Å². The highest BCUT2D eigenvalue weighted by Gasteiger charge is 2.11. The molecule has 0 aliphatic rings. The fourth-order valence-electron chi connectivity index (χ4n) is 2.06. The number of benzene rings is 2. The number of hydrogen-bond acceptors (Lipinski definition) is 3. The molecule has 19 heavy (non-hydrogen) atoms. The summed E-state index contributed by atoms with van der Waals surface area (Å²) < 4.78 is 0. The predicted molar refractivity (Wildman–Crippen MR) is 79.3 cm³/mol. The summed E-state index contributed by atoms with van der Waals surface area (Å²) in [4.78, 5) is 4.33. The first-order valence-corrected chi connectivity index (χ1v) is 7.15. The number of H-pyrrole nitrogens is 1. The number of hydrogen-bond donors (Lipinski definition) is 1. The zero-order valence-corrected chi connectivity index (χ0v) is 11.7. The van der Waals surface area contributed by atoms with Gasteiger partial charge in [-0.3, -0.25) is 5.10 Å². The average Bonchev–Trinajstić information content (AvgIpc) is 2.83. The zero-order valence-electron chi connectivity index (χ0n) is 10.9. The lowest BCUT2D eigenvalue weighted by Gasteiger charge is -2.10. The van der Waals surface area contributed by atoms with Crippen LogP contribution < -0.4 is 0 Å². The number of rotatable bonds is 3. The van der Waals surface area contributed by atoms with E-state index in [0.29, 0.717) is 5.25 Å². The van der Waals surface area contributed by atoms with Gasteiger partial charge in [0.15, 0.2) is 0 Å². The van der Waals surface area contributed by atoms with Gasteiger partial charge in [-0.05, 0) is 30.2 Å². The Kier molecular flexibility index (Phi) is 3.25. The molecule has 0 fully saturated rings. The van der Waals surface area contributed by atoms with Gasteiger partial charge in [-0.1, -0.05) is 54.2 Å². The van der Waals surface area contributed by atoms with E-state index >= 15 is 0 Å². The maximum absolute atomic E-state index is 4.33. The molecule has 1 N–H and O–H groups in total. The van der Waals surface area contributed by atoms with E-state index in [4.69, 9.17) is 0 Å². The van der Waals surface area contributed by atoms with E-state index in [1.54, 1.807) is 11.8 Å². The summed E-state index contributed by atoms with van der Waals surface area (Å²) >= 11 is 1.67. The van der Waals surface area contributed by atoms with Crippen LogP contribution in [0.4, 0.5) is 0 Å². The minimum atomic E-state index is 0.333. The molecule has 0 saturated carbocycles. The Balaban J connectivity index is 1.86. The Morgan fingerprint density at radius 3 is 2.63 bits per heavy atom. The quantitative estimate of drug-likeness (QED) is 0.727. The molecule has 2 aromatic carbocycles. The molecular formula is C15H15N3S. The molecule has 1 heterocycles. The van der Waals surface area contributed by atoms with Gasteiger partial charge >= 0.3 is 0 Å². The molecule has 3 nitrogen and oxygen atoms in total. The SMILES string of the molecule is Cc1nc(S[C@@H](C)c2ccc3ccccc3c2)n[nH]1. The summed E-state index contributed by atoms with van der Waals surface area (Å²) in [6.07, 6.45) is 0. The normalized spacial score (nSPS) is 12.7. The van der Waals surface area contributed by atoms with Crippen LogP contribution in [0.3, 0.4) is 0 Å². The third kappa shape index (κ3) is 2.63. The van der Waals surface area contributed by atoms with Crippen LogP contribution >= 0.6 is 11.8 Å². The molecule has 0 amide bonds. The highest BCUT2D eigenvalue weighted by atomic mass is 32.2. The first-order valence-electron chi connectivity index (χ1n) is 6.27. The molecule has 0 radical (unpaired) electrons. The van der Waals surface area contributed by atoms with Crippen LogP contribution in [0.5, 0.6) is 0 Å². The molecule has 0 spiro atoms. The third-order valence-corrected chi connectivity index (χ3v) is 4.12. The van der Waals surface area contributed by atoms with Crippen molar-refractivity contribution in [1.29, 1.82) is 0 Å². The van der Waals surface area contributed by atoms with Gasteiger partial charge in [0.2, 0.25) is 5.16 Å². The summed E-state index contributed by atoms with van der Waals surface area (Å²) in [5.74, 6) is 0.855. The molecule has 96 valence electrons. The van der Waals surface area contributed by atoms with Crippen LogP contribution in [0.2, 0.25) is 0 Å². The largest absolute Gasteiger partial charge is 0.262 e.